The molecule has 0 atom stereocenters. The lowest BCUT2D eigenvalue weighted by Crippen LogP contribution is -2.14. The zero-order chi connectivity index (χ0) is 15.1. The van der Waals surface area contributed by atoms with Gasteiger partial charge >= 0.3 is 0 Å². The first-order valence-electron chi connectivity index (χ1n) is 7.30. The number of aromatic amines is 2. The lowest BCUT2D eigenvalue weighted by atomic mass is 10.1. The van der Waals surface area contributed by atoms with E-state index >= 15 is 0 Å². The number of carbonyl (C=O) groups is 1. The van der Waals surface area contributed by atoms with Crippen LogP contribution >= 0.6 is 15.9 Å². The highest BCUT2D eigenvalue weighted by Gasteiger charge is 2.25. The molecule has 0 saturated heterocycles. The van der Waals surface area contributed by atoms with Crippen molar-refractivity contribution in [2.75, 3.05) is 5.32 Å². The van der Waals surface area contributed by atoms with Crippen LogP contribution in [0.3, 0.4) is 0 Å². The number of halogens is 1. The molecule has 1 aliphatic carbocycles. The molecule has 1 aromatic carbocycles. The van der Waals surface area contributed by atoms with Crippen LogP contribution in [0, 0.1) is 0 Å². The molecule has 0 unspecified atom stereocenters. The molecule has 1 aliphatic rings. The van der Waals surface area contributed by atoms with Gasteiger partial charge in [-0.3, -0.25) is 9.89 Å². The highest BCUT2D eigenvalue weighted by molar-refractivity contribution is 9.10. The van der Waals surface area contributed by atoms with Crippen LogP contribution in [0.1, 0.15) is 30.0 Å². The topological polar surface area (TPSA) is 73.6 Å². The molecule has 5 nitrogen and oxygen atoms in total. The Morgan fingerprint density at radius 2 is 2.23 bits per heavy atom. The van der Waals surface area contributed by atoms with E-state index in [-0.39, 0.29) is 5.91 Å². The van der Waals surface area contributed by atoms with E-state index in [1.165, 1.54) is 12.8 Å². The molecular weight excluding hydrogens is 344 g/mol. The average Bonchev–Trinajstić information content (AvgIpc) is 3.13. The first-order chi connectivity index (χ1) is 10.7. The van der Waals surface area contributed by atoms with E-state index in [2.05, 4.69) is 36.4 Å². The summed E-state index contributed by atoms with van der Waals surface area (Å²) < 4.78 is 1.00. The summed E-state index contributed by atoms with van der Waals surface area (Å²) in [5.41, 5.74) is 3.12. The molecule has 0 bridgehead atoms. The number of carbonyl (C=O) groups excluding carboxylic acids is 1. The van der Waals surface area contributed by atoms with E-state index < -0.39 is 0 Å². The van der Waals surface area contributed by atoms with Gasteiger partial charge in [-0.25, -0.2) is 0 Å². The van der Waals surface area contributed by atoms with Gasteiger partial charge in [0.2, 0.25) is 5.91 Å². The van der Waals surface area contributed by atoms with Crippen molar-refractivity contribution in [3.63, 3.8) is 0 Å². The summed E-state index contributed by atoms with van der Waals surface area (Å²) in [5.74, 6) is 1.15. The van der Waals surface area contributed by atoms with Gasteiger partial charge in [-0.1, -0.05) is 15.9 Å². The van der Waals surface area contributed by atoms with E-state index in [0.29, 0.717) is 18.2 Å². The Balaban J connectivity index is 1.49. The molecular formula is C16H15BrN4O. The minimum atomic E-state index is -0.0604. The molecule has 112 valence electrons. The van der Waals surface area contributed by atoms with Crippen LogP contribution in [-0.4, -0.2) is 21.1 Å². The highest BCUT2D eigenvalue weighted by atomic mass is 79.9. The number of benzene rings is 1. The van der Waals surface area contributed by atoms with Gasteiger partial charge in [0.25, 0.3) is 0 Å². The van der Waals surface area contributed by atoms with Crippen LogP contribution in [0.5, 0.6) is 0 Å². The molecule has 1 saturated carbocycles. The molecule has 2 heterocycles. The minimum Gasteiger partial charge on any atom is -0.361 e. The maximum absolute atomic E-state index is 12.2. The molecule has 0 radical (unpaired) electrons. The van der Waals surface area contributed by atoms with Gasteiger partial charge in [0.1, 0.15) is 0 Å². The van der Waals surface area contributed by atoms with Gasteiger partial charge in [0.05, 0.1) is 6.42 Å². The summed E-state index contributed by atoms with van der Waals surface area (Å²) >= 11 is 3.46. The number of hydrogen-bond donors (Lipinski definition) is 3. The maximum Gasteiger partial charge on any atom is 0.230 e. The number of nitrogens with one attached hydrogen (secondary N) is 3. The Bertz CT molecular complexity index is 847. The van der Waals surface area contributed by atoms with Crippen molar-refractivity contribution < 1.29 is 4.79 Å². The normalized spacial score (nSPS) is 14.4. The molecule has 0 spiro atoms. The van der Waals surface area contributed by atoms with Gasteiger partial charge in [-0.15, -0.1) is 0 Å². The predicted molar refractivity (Wildman–Crippen MR) is 88.9 cm³/mol. The number of nitrogens with zero attached hydrogens (tertiary/aromatic N) is 1. The molecule has 3 N–H and O–H groups in total. The second-order valence-electron chi connectivity index (χ2n) is 5.71. The van der Waals surface area contributed by atoms with Crippen molar-refractivity contribution in [1.82, 2.24) is 15.2 Å². The van der Waals surface area contributed by atoms with Gasteiger partial charge in [0, 0.05) is 39.3 Å². The van der Waals surface area contributed by atoms with E-state index in [4.69, 9.17) is 0 Å². The Morgan fingerprint density at radius 3 is 3.05 bits per heavy atom. The molecule has 6 heteroatoms. The van der Waals surface area contributed by atoms with Crippen molar-refractivity contribution in [3.05, 3.63) is 46.2 Å². The smallest absolute Gasteiger partial charge is 0.230 e. The summed E-state index contributed by atoms with van der Waals surface area (Å²) in [6, 6.07) is 7.93. The van der Waals surface area contributed by atoms with E-state index in [1.54, 1.807) is 0 Å². The third kappa shape index (κ3) is 2.66. The quantitative estimate of drug-likeness (QED) is 0.664. The largest absolute Gasteiger partial charge is 0.361 e. The lowest BCUT2D eigenvalue weighted by Gasteiger charge is -2.01. The number of hydrogen-bond acceptors (Lipinski definition) is 2. The van der Waals surface area contributed by atoms with E-state index in [9.17, 15) is 4.79 Å². The van der Waals surface area contributed by atoms with Gasteiger partial charge in [0.15, 0.2) is 5.82 Å². The van der Waals surface area contributed by atoms with Crippen LogP contribution in [0.25, 0.3) is 10.9 Å². The Morgan fingerprint density at radius 1 is 1.36 bits per heavy atom. The zero-order valence-electron chi connectivity index (χ0n) is 11.8. The third-order valence-corrected chi connectivity index (χ3v) is 4.46. The van der Waals surface area contributed by atoms with Crippen LogP contribution in [0.4, 0.5) is 5.82 Å². The van der Waals surface area contributed by atoms with Crippen LogP contribution in [0.15, 0.2) is 34.9 Å². The number of fused-ring (bicyclic) bond motifs is 1. The molecule has 1 amide bonds. The van der Waals surface area contributed by atoms with Gasteiger partial charge in [-0.2, -0.15) is 5.10 Å². The van der Waals surface area contributed by atoms with Gasteiger partial charge < -0.3 is 10.3 Å². The molecule has 1 fully saturated rings. The predicted octanol–water partition coefficient (Wildman–Crippen LogP) is 3.71. The monoisotopic (exact) mass is 358 g/mol. The number of rotatable bonds is 4. The van der Waals surface area contributed by atoms with Crippen LogP contribution in [0.2, 0.25) is 0 Å². The summed E-state index contributed by atoms with van der Waals surface area (Å²) in [7, 11) is 0. The minimum absolute atomic E-state index is 0.0604. The van der Waals surface area contributed by atoms with Crippen molar-refractivity contribution in [2.24, 2.45) is 0 Å². The molecule has 0 aliphatic heterocycles. The van der Waals surface area contributed by atoms with Gasteiger partial charge in [-0.05, 0) is 36.6 Å². The van der Waals surface area contributed by atoms with Crippen molar-refractivity contribution in [2.45, 2.75) is 25.2 Å². The number of amides is 1. The fourth-order valence-corrected chi connectivity index (χ4v) is 3.02. The second kappa shape index (κ2) is 5.28. The fraction of sp³-hybridized carbons (Fsp3) is 0.250. The number of H-pyrrole nitrogens is 2. The van der Waals surface area contributed by atoms with Crippen molar-refractivity contribution >= 4 is 38.6 Å². The Labute approximate surface area is 135 Å². The molecule has 3 aromatic rings. The molecule has 22 heavy (non-hydrogen) atoms. The third-order valence-electron chi connectivity index (χ3n) is 3.96. The summed E-state index contributed by atoms with van der Waals surface area (Å²) in [6.45, 7) is 0. The average molecular weight is 359 g/mol. The lowest BCUT2D eigenvalue weighted by molar-refractivity contribution is -0.115. The summed E-state index contributed by atoms with van der Waals surface area (Å²) in [4.78, 5) is 15.4. The SMILES string of the molecule is O=C(Cc1c[nH]c2ccc(Br)cc12)Nc1cc(C2CC2)[nH]n1. The van der Waals surface area contributed by atoms with Crippen molar-refractivity contribution in [1.29, 1.82) is 0 Å². The molecule has 4 rings (SSSR count). The van der Waals surface area contributed by atoms with Crippen LogP contribution < -0.4 is 5.32 Å². The maximum atomic E-state index is 12.2. The first-order valence-corrected chi connectivity index (χ1v) is 8.09. The summed E-state index contributed by atoms with van der Waals surface area (Å²) in [6.07, 6.45) is 4.62. The van der Waals surface area contributed by atoms with Crippen molar-refractivity contribution in [3.8, 4) is 0 Å². The first kappa shape index (κ1) is 13.6. The second-order valence-corrected chi connectivity index (χ2v) is 6.63. The van der Waals surface area contributed by atoms with E-state index in [0.717, 1.165) is 26.6 Å². The zero-order valence-corrected chi connectivity index (χ0v) is 13.4. The Kier molecular flexibility index (Phi) is 3.26. The fourth-order valence-electron chi connectivity index (χ4n) is 2.66. The standard InChI is InChI=1S/C16H15BrN4O/c17-11-3-4-13-12(6-11)10(8-18-13)5-16(22)19-15-7-14(20-21-15)9-1-2-9/h3-4,6-9,18H,1-2,5H2,(H2,19,20,21,22). The summed E-state index contributed by atoms with van der Waals surface area (Å²) in [5, 5.41) is 11.1. The Hall–Kier alpha value is -2.08. The highest BCUT2D eigenvalue weighted by Crippen LogP contribution is 2.39. The molecule has 2 aromatic heterocycles. The number of anilines is 1. The van der Waals surface area contributed by atoms with Crippen LogP contribution in [-0.2, 0) is 11.2 Å². The van der Waals surface area contributed by atoms with E-state index in [1.807, 2.05) is 30.5 Å². The number of aromatic nitrogens is 3.